The minimum absolute atomic E-state index is 0.335. The van der Waals surface area contributed by atoms with Crippen LogP contribution in [0.2, 0.25) is 0 Å². The van der Waals surface area contributed by atoms with Crippen LogP contribution in [-0.4, -0.2) is 26.3 Å². The summed E-state index contributed by atoms with van der Waals surface area (Å²) in [4.78, 5) is 0. The van der Waals surface area contributed by atoms with Crippen molar-refractivity contribution in [1.29, 1.82) is 0 Å². The standard InChI is InChI=1S/C16H27NO/c1-4-10-17-13-16(11-14(2)18-3)12-15-8-6-5-7-9-15/h5-9,14,16-17H,4,10-13H2,1-3H3. The number of ether oxygens (including phenoxy) is 1. The number of nitrogens with one attached hydrogen (secondary N) is 1. The number of benzene rings is 1. The van der Waals surface area contributed by atoms with Crippen LogP contribution in [0.3, 0.4) is 0 Å². The zero-order valence-electron chi connectivity index (χ0n) is 12.0. The van der Waals surface area contributed by atoms with Gasteiger partial charge in [0.05, 0.1) is 6.10 Å². The van der Waals surface area contributed by atoms with E-state index in [2.05, 4.69) is 49.5 Å². The largest absolute Gasteiger partial charge is 0.382 e. The molecule has 0 saturated heterocycles. The molecule has 1 N–H and O–H groups in total. The Morgan fingerprint density at radius 3 is 2.56 bits per heavy atom. The highest BCUT2D eigenvalue weighted by molar-refractivity contribution is 5.15. The Balaban J connectivity index is 2.48. The second kappa shape index (κ2) is 9.12. The van der Waals surface area contributed by atoms with Gasteiger partial charge in [0, 0.05) is 7.11 Å². The summed E-state index contributed by atoms with van der Waals surface area (Å²) in [6, 6.07) is 10.7. The summed E-state index contributed by atoms with van der Waals surface area (Å²) < 4.78 is 5.40. The van der Waals surface area contributed by atoms with E-state index in [4.69, 9.17) is 4.74 Å². The van der Waals surface area contributed by atoms with Gasteiger partial charge in [-0.25, -0.2) is 0 Å². The average Bonchev–Trinajstić information content (AvgIpc) is 2.40. The third-order valence-corrected chi connectivity index (χ3v) is 3.29. The molecule has 0 aliphatic rings. The van der Waals surface area contributed by atoms with Gasteiger partial charge in [0.2, 0.25) is 0 Å². The Bertz CT molecular complexity index is 299. The van der Waals surface area contributed by atoms with E-state index in [0.717, 1.165) is 25.9 Å². The summed E-state index contributed by atoms with van der Waals surface area (Å²) in [6.45, 7) is 6.54. The summed E-state index contributed by atoms with van der Waals surface area (Å²) in [7, 11) is 1.80. The monoisotopic (exact) mass is 249 g/mol. The predicted octanol–water partition coefficient (Wildman–Crippen LogP) is 3.27. The highest BCUT2D eigenvalue weighted by atomic mass is 16.5. The first-order valence-electron chi connectivity index (χ1n) is 7.03. The summed E-state index contributed by atoms with van der Waals surface area (Å²) >= 11 is 0. The summed E-state index contributed by atoms with van der Waals surface area (Å²) in [6.07, 6.45) is 3.77. The van der Waals surface area contributed by atoms with Gasteiger partial charge in [0.15, 0.2) is 0 Å². The molecule has 2 unspecified atom stereocenters. The van der Waals surface area contributed by atoms with E-state index in [1.54, 1.807) is 7.11 Å². The molecule has 0 heterocycles. The molecule has 0 spiro atoms. The molecule has 0 saturated carbocycles. The molecule has 1 aromatic rings. The molecule has 0 amide bonds. The van der Waals surface area contributed by atoms with Crippen molar-refractivity contribution in [2.24, 2.45) is 5.92 Å². The molecule has 0 fully saturated rings. The highest BCUT2D eigenvalue weighted by Gasteiger charge is 2.13. The van der Waals surface area contributed by atoms with Crippen molar-refractivity contribution in [2.75, 3.05) is 20.2 Å². The lowest BCUT2D eigenvalue weighted by molar-refractivity contribution is 0.0946. The highest BCUT2D eigenvalue weighted by Crippen LogP contribution is 2.15. The molecule has 2 nitrogen and oxygen atoms in total. The van der Waals surface area contributed by atoms with Crippen molar-refractivity contribution in [3.8, 4) is 0 Å². The van der Waals surface area contributed by atoms with Gasteiger partial charge in [-0.15, -0.1) is 0 Å². The molecule has 0 aromatic heterocycles. The maximum absolute atomic E-state index is 5.40. The fourth-order valence-electron chi connectivity index (χ4n) is 2.23. The Morgan fingerprint density at radius 1 is 1.22 bits per heavy atom. The fraction of sp³-hybridized carbons (Fsp3) is 0.625. The molecule has 102 valence electrons. The normalized spacial score (nSPS) is 14.4. The predicted molar refractivity (Wildman–Crippen MR) is 77.9 cm³/mol. The van der Waals surface area contributed by atoms with Crippen LogP contribution in [0.15, 0.2) is 30.3 Å². The van der Waals surface area contributed by atoms with E-state index in [-0.39, 0.29) is 0 Å². The second-order valence-corrected chi connectivity index (χ2v) is 5.04. The molecular formula is C16H27NO. The van der Waals surface area contributed by atoms with E-state index < -0.39 is 0 Å². The van der Waals surface area contributed by atoms with Gasteiger partial charge in [0.25, 0.3) is 0 Å². The lowest BCUT2D eigenvalue weighted by Crippen LogP contribution is -2.27. The molecule has 2 heteroatoms. The number of methoxy groups -OCH3 is 1. The molecule has 1 rings (SSSR count). The second-order valence-electron chi connectivity index (χ2n) is 5.04. The Hall–Kier alpha value is -0.860. The van der Waals surface area contributed by atoms with Crippen molar-refractivity contribution < 1.29 is 4.74 Å². The van der Waals surface area contributed by atoms with Gasteiger partial charge in [-0.05, 0) is 50.8 Å². The van der Waals surface area contributed by atoms with Crippen LogP contribution < -0.4 is 5.32 Å². The Morgan fingerprint density at radius 2 is 1.94 bits per heavy atom. The molecule has 18 heavy (non-hydrogen) atoms. The fourth-order valence-corrected chi connectivity index (χ4v) is 2.23. The van der Waals surface area contributed by atoms with Gasteiger partial charge < -0.3 is 10.1 Å². The van der Waals surface area contributed by atoms with Crippen LogP contribution in [0.1, 0.15) is 32.3 Å². The molecule has 2 atom stereocenters. The zero-order chi connectivity index (χ0) is 13.2. The van der Waals surface area contributed by atoms with Crippen molar-refractivity contribution in [1.82, 2.24) is 5.32 Å². The topological polar surface area (TPSA) is 21.3 Å². The molecule has 0 aliphatic heterocycles. The SMILES string of the molecule is CCCNCC(Cc1ccccc1)CC(C)OC. The average molecular weight is 249 g/mol. The third kappa shape index (κ3) is 6.18. The molecule has 0 radical (unpaired) electrons. The summed E-state index contributed by atoms with van der Waals surface area (Å²) in [5, 5.41) is 3.53. The van der Waals surface area contributed by atoms with E-state index in [9.17, 15) is 0 Å². The molecule has 0 aliphatic carbocycles. The lowest BCUT2D eigenvalue weighted by atomic mass is 9.94. The summed E-state index contributed by atoms with van der Waals surface area (Å²) in [5.41, 5.74) is 1.42. The maximum Gasteiger partial charge on any atom is 0.0546 e. The first-order chi connectivity index (χ1) is 8.76. The minimum atomic E-state index is 0.335. The maximum atomic E-state index is 5.40. The van der Waals surface area contributed by atoms with Crippen LogP contribution in [-0.2, 0) is 11.2 Å². The molecular weight excluding hydrogens is 222 g/mol. The smallest absolute Gasteiger partial charge is 0.0546 e. The van der Waals surface area contributed by atoms with Gasteiger partial charge in [-0.3, -0.25) is 0 Å². The quantitative estimate of drug-likeness (QED) is 0.678. The van der Waals surface area contributed by atoms with Crippen LogP contribution in [0.25, 0.3) is 0 Å². The summed E-state index contributed by atoms with van der Waals surface area (Å²) in [5.74, 6) is 0.647. The minimum Gasteiger partial charge on any atom is -0.382 e. The Kier molecular flexibility index (Phi) is 7.70. The van der Waals surface area contributed by atoms with E-state index >= 15 is 0 Å². The van der Waals surface area contributed by atoms with E-state index in [1.165, 1.54) is 12.0 Å². The third-order valence-electron chi connectivity index (χ3n) is 3.29. The first kappa shape index (κ1) is 15.2. The molecule has 0 bridgehead atoms. The van der Waals surface area contributed by atoms with Gasteiger partial charge in [-0.1, -0.05) is 37.3 Å². The van der Waals surface area contributed by atoms with Gasteiger partial charge in [0.1, 0.15) is 0 Å². The van der Waals surface area contributed by atoms with Crippen LogP contribution in [0, 0.1) is 5.92 Å². The van der Waals surface area contributed by atoms with Crippen molar-refractivity contribution in [2.45, 2.75) is 39.2 Å². The number of hydrogen-bond donors (Lipinski definition) is 1. The van der Waals surface area contributed by atoms with Crippen molar-refractivity contribution in [3.05, 3.63) is 35.9 Å². The van der Waals surface area contributed by atoms with Gasteiger partial charge >= 0.3 is 0 Å². The first-order valence-corrected chi connectivity index (χ1v) is 7.03. The van der Waals surface area contributed by atoms with Crippen molar-refractivity contribution >= 4 is 0 Å². The zero-order valence-corrected chi connectivity index (χ0v) is 12.0. The molecule has 1 aromatic carbocycles. The van der Waals surface area contributed by atoms with Crippen LogP contribution in [0.5, 0.6) is 0 Å². The number of hydrogen-bond acceptors (Lipinski definition) is 2. The van der Waals surface area contributed by atoms with E-state index in [1.807, 2.05) is 0 Å². The lowest BCUT2D eigenvalue weighted by Gasteiger charge is -2.21. The number of rotatable bonds is 9. The van der Waals surface area contributed by atoms with Crippen molar-refractivity contribution in [3.63, 3.8) is 0 Å². The van der Waals surface area contributed by atoms with Crippen LogP contribution >= 0.6 is 0 Å². The van der Waals surface area contributed by atoms with Gasteiger partial charge in [-0.2, -0.15) is 0 Å². The Labute approximate surface area is 112 Å². The van der Waals surface area contributed by atoms with Crippen LogP contribution in [0.4, 0.5) is 0 Å². The van der Waals surface area contributed by atoms with E-state index in [0.29, 0.717) is 12.0 Å².